The Balaban J connectivity index is 1.59. The Labute approximate surface area is 176 Å². The second-order valence-corrected chi connectivity index (χ2v) is 7.82. The highest BCUT2D eigenvalue weighted by Crippen LogP contribution is 2.54. The van der Waals surface area contributed by atoms with Gasteiger partial charge < -0.3 is 29.6 Å². The molecule has 30 heavy (non-hydrogen) atoms. The molecule has 0 spiro atoms. The van der Waals surface area contributed by atoms with Crippen LogP contribution < -0.4 is 29.6 Å². The predicted molar refractivity (Wildman–Crippen MR) is 113 cm³/mol. The molecule has 3 aromatic rings. The van der Waals surface area contributed by atoms with Crippen LogP contribution in [0.5, 0.6) is 23.0 Å². The van der Waals surface area contributed by atoms with Crippen LogP contribution in [-0.4, -0.2) is 31.9 Å². The third-order valence-electron chi connectivity index (χ3n) is 5.03. The monoisotopic (exact) mass is 425 g/mol. The first-order valence-corrected chi connectivity index (χ1v) is 10.2. The zero-order valence-corrected chi connectivity index (χ0v) is 17.2. The molecule has 3 heterocycles. The van der Waals surface area contributed by atoms with E-state index in [1.807, 2.05) is 36.4 Å². The number of para-hydroxylation sites is 1. The number of amides is 1. The summed E-state index contributed by atoms with van der Waals surface area (Å²) in [7, 11) is 3.12. The number of carbonyl (C=O) groups excluding carboxylic acids is 1. The molecule has 9 heteroatoms. The first-order valence-electron chi connectivity index (χ1n) is 9.35. The summed E-state index contributed by atoms with van der Waals surface area (Å²) in [5.74, 6) is 2.26. The molecular formula is C21H19N3O5S. The van der Waals surface area contributed by atoms with Gasteiger partial charge in [-0.25, -0.2) is 4.98 Å². The van der Waals surface area contributed by atoms with Crippen molar-refractivity contribution in [1.29, 1.82) is 0 Å². The normalized spacial score (nSPS) is 16.6. The molecule has 0 unspecified atom stereocenters. The number of anilines is 3. The van der Waals surface area contributed by atoms with Crippen LogP contribution in [0.4, 0.5) is 16.6 Å². The van der Waals surface area contributed by atoms with E-state index in [4.69, 9.17) is 18.9 Å². The molecule has 0 fully saturated rings. The van der Waals surface area contributed by atoms with E-state index in [2.05, 4.69) is 15.6 Å². The largest absolute Gasteiger partial charge is 0.492 e. The lowest BCUT2D eigenvalue weighted by molar-refractivity contribution is -0.116. The molecule has 5 rings (SSSR count). The van der Waals surface area contributed by atoms with Crippen molar-refractivity contribution in [3.63, 3.8) is 0 Å². The summed E-state index contributed by atoms with van der Waals surface area (Å²) >= 11 is 1.50. The molecular weight excluding hydrogens is 406 g/mol. The van der Waals surface area contributed by atoms with E-state index < -0.39 is 0 Å². The van der Waals surface area contributed by atoms with Crippen LogP contribution in [0.15, 0.2) is 36.4 Å². The number of thiazole rings is 1. The molecule has 0 saturated heterocycles. The number of benzene rings is 2. The molecule has 0 aliphatic carbocycles. The van der Waals surface area contributed by atoms with Crippen LogP contribution in [0.25, 0.3) is 0 Å². The minimum absolute atomic E-state index is 0.109. The Bertz CT molecular complexity index is 1120. The average molecular weight is 425 g/mol. The van der Waals surface area contributed by atoms with Crippen molar-refractivity contribution in [2.45, 2.75) is 12.3 Å². The standard InChI is InChI=1S/C21H19N3O5S/c1-26-16-12(8-14-17(18(16)27-2)29-10-28-14)13-9-15(25)23-20-19(13)30-21(24-20)22-11-6-4-3-5-7-11/h3-8,13H,9-10H2,1-2H3,(H,22,24)(H,23,25)/t13-/m0/s1. The third kappa shape index (κ3) is 3.07. The number of hydrogen-bond donors (Lipinski definition) is 2. The molecule has 0 bridgehead atoms. The van der Waals surface area contributed by atoms with Gasteiger partial charge >= 0.3 is 0 Å². The minimum Gasteiger partial charge on any atom is -0.492 e. The second-order valence-electron chi connectivity index (χ2n) is 6.79. The summed E-state index contributed by atoms with van der Waals surface area (Å²) < 4.78 is 22.4. The second kappa shape index (κ2) is 7.42. The predicted octanol–water partition coefficient (Wildman–Crippen LogP) is 4.11. The average Bonchev–Trinajstić information content (AvgIpc) is 3.38. The number of carbonyl (C=O) groups is 1. The lowest BCUT2D eigenvalue weighted by atomic mass is 9.90. The van der Waals surface area contributed by atoms with E-state index in [0.29, 0.717) is 33.9 Å². The minimum atomic E-state index is -0.254. The lowest BCUT2D eigenvalue weighted by Gasteiger charge is -2.24. The van der Waals surface area contributed by atoms with E-state index in [1.165, 1.54) is 11.3 Å². The zero-order valence-electron chi connectivity index (χ0n) is 16.4. The van der Waals surface area contributed by atoms with Crippen LogP contribution in [0.1, 0.15) is 22.8 Å². The fourth-order valence-electron chi connectivity index (χ4n) is 3.74. The number of ether oxygens (including phenoxy) is 4. The van der Waals surface area contributed by atoms with Gasteiger partial charge in [-0.1, -0.05) is 29.5 Å². The van der Waals surface area contributed by atoms with Crippen molar-refractivity contribution in [2.75, 3.05) is 31.6 Å². The van der Waals surface area contributed by atoms with Crippen molar-refractivity contribution in [3.8, 4) is 23.0 Å². The number of nitrogens with one attached hydrogen (secondary N) is 2. The summed E-state index contributed by atoms with van der Waals surface area (Å²) in [6, 6.07) is 11.6. The van der Waals surface area contributed by atoms with Gasteiger partial charge in [-0.05, 0) is 18.2 Å². The van der Waals surface area contributed by atoms with Crippen molar-refractivity contribution in [3.05, 3.63) is 46.8 Å². The maximum atomic E-state index is 12.5. The molecule has 1 amide bonds. The Morgan fingerprint density at radius 3 is 2.73 bits per heavy atom. The number of aromatic nitrogens is 1. The zero-order chi connectivity index (χ0) is 20.7. The molecule has 1 aromatic heterocycles. The molecule has 2 aliphatic rings. The molecule has 8 nitrogen and oxygen atoms in total. The maximum absolute atomic E-state index is 12.5. The smallest absolute Gasteiger partial charge is 0.231 e. The Hall–Kier alpha value is -3.46. The van der Waals surface area contributed by atoms with Crippen molar-refractivity contribution < 1.29 is 23.7 Å². The SMILES string of the molecule is COc1c([C@@H]2CC(=O)Nc3nc(Nc4ccccc4)sc32)cc2c(c1OC)OCO2. The lowest BCUT2D eigenvalue weighted by Crippen LogP contribution is -2.23. The fraction of sp³-hybridized carbons (Fsp3) is 0.238. The van der Waals surface area contributed by atoms with Crippen LogP contribution in [0, 0.1) is 0 Å². The Morgan fingerprint density at radius 1 is 1.17 bits per heavy atom. The highest BCUT2D eigenvalue weighted by atomic mass is 32.1. The number of hydrogen-bond acceptors (Lipinski definition) is 8. The van der Waals surface area contributed by atoms with Crippen molar-refractivity contribution >= 4 is 33.9 Å². The van der Waals surface area contributed by atoms with E-state index in [9.17, 15) is 4.79 Å². The quantitative estimate of drug-likeness (QED) is 0.636. The summed E-state index contributed by atoms with van der Waals surface area (Å²) in [6.45, 7) is 0.112. The molecule has 2 N–H and O–H groups in total. The van der Waals surface area contributed by atoms with Crippen LogP contribution in [0.2, 0.25) is 0 Å². The number of nitrogens with zero attached hydrogens (tertiary/aromatic N) is 1. The van der Waals surface area contributed by atoms with Gasteiger partial charge in [-0.3, -0.25) is 4.79 Å². The van der Waals surface area contributed by atoms with E-state index >= 15 is 0 Å². The topological polar surface area (TPSA) is 90.9 Å². The van der Waals surface area contributed by atoms with Crippen molar-refractivity contribution in [1.82, 2.24) is 4.98 Å². The molecule has 2 aromatic carbocycles. The first-order chi connectivity index (χ1) is 14.7. The number of rotatable bonds is 5. The highest BCUT2D eigenvalue weighted by molar-refractivity contribution is 7.16. The third-order valence-corrected chi connectivity index (χ3v) is 6.11. The van der Waals surface area contributed by atoms with Crippen molar-refractivity contribution in [2.24, 2.45) is 0 Å². The van der Waals surface area contributed by atoms with Gasteiger partial charge in [0, 0.05) is 23.6 Å². The molecule has 0 radical (unpaired) electrons. The molecule has 154 valence electrons. The summed E-state index contributed by atoms with van der Waals surface area (Å²) in [5.41, 5.74) is 1.72. The highest BCUT2D eigenvalue weighted by Gasteiger charge is 2.36. The van der Waals surface area contributed by atoms with Crippen LogP contribution >= 0.6 is 11.3 Å². The Morgan fingerprint density at radius 2 is 1.97 bits per heavy atom. The van der Waals surface area contributed by atoms with Gasteiger partial charge in [0.1, 0.15) is 5.82 Å². The maximum Gasteiger partial charge on any atom is 0.231 e. The summed E-state index contributed by atoms with van der Waals surface area (Å²) in [6.07, 6.45) is 0.263. The first kappa shape index (κ1) is 18.6. The molecule has 2 aliphatic heterocycles. The van der Waals surface area contributed by atoms with Crippen LogP contribution in [-0.2, 0) is 4.79 Å². The van der Waals surface area contributed by atoms with E-state index in [-0.39, 0.29) is 25.0 Å². The summed E-state index contributed by atoms with van der Waals surface area (Å²) in [5, 5.41) is 6.87. The summed E-state index contributed by atoms with van der Waals surface area (Å²) in [4.78, 5) is 18.0. The number of fused-ring (bicyclic) bond motifs is 2. The molecule has 0 saturated carbocycles. The Kier molecular flexibility index (Phi) is 4.59. The van der Waals surface area contributed by atoms with Gasteiger partial charge in [0.05, 0.1) is 19.1 Å². The van der Waals surface area contributed by atoms with Gasteiger partial charge in [0.25, 0.3) is 0 Å². The van der Waals surface area contributed by atoms with Gasteiger partial charge in [-0.15, -0.1) is 0 Å². The van der Waals surface area contributed by atoms with E-state index in [0.717, 1.165) is 16.1 Å². The van der Waals surface area contributed by atoms with Gasteiger partial charge in [-0.2, -0.15) is 0 Å². The van der Waals surface area contributed by atoms with Crippen LogP contribution in [0.3, 0.4) is 0 Å². The fourth-order valence-corrected chi connectivity index (χ4v) is 4.80. The van der Waals surface area contributed by atoms with E-state index in [1.54, 1.807) is 14.2 Å². The molecule has 1 atom stereocenters. The number of methoxy groups -OCH3 is 2. The van der Waals surface area contributed by atoms with Gasteiger partial charge in [0.15, 0.2) is 16.6 Å². The van der Waals surface area contributed by atoms with Gasteiger partial charge in [0.2, 0.25) is 24.2 Å².